The van der Waals surface area contributed by atoms with Gasteiger partial charge in [-0.25, -0.2) is 18.6 Å². The third kappa shape index (κ3) is 3.21. The highest BCUT2D eigenvalue weighted by atomic mass is 35.5. The first kappa shape index (κ1) is 14.2. The summed E-state index contributed by atoms with van der Waals surface area (Å²) in [7, 11) is 0. The molecule has 2 rings (SSSR count). The molecule has 2 N–H and O–H groups in total. The lowest BCUT2D eigenvalue weighted by atomic mass is 10.2. The van der Waals surface area contributed by atoms with Crippen molar-refractivity contribution in [2.45, 2.75) is 6.54 Å². The fourth-order valence-electron chi connectivity index (χ4n) is 1.56. The normalized spacial score (nSPS) is 10.3. The van der Waals surface area contributed by atoms with Gasteiger partial charge in [0.15, 0.2) is 0 Å². The number of anilines is 1. The molecule has 0 fully saturated rings. The summed E-state index contributed by atoms with van der Waals surface area (Å²) in [6.07, 6.45) is 1.18. The number of pyridine rings is 1. The maximum Gasteiger partial charge on any atom is 0.337 e. The van der Waals surface area contributed by atoms with Gasteiger partial charge in [0.25, 0.3) is 0 Å². The summed E-state index contributed by atoms with van der Waals surface area (Å²) in [5.74, 6) is -2.11. The van der Waals surface area contributed by atoms with Crippen LogP contribution in [0.15, 0.2) is 30.5 Å². The first-order valence-corrected chi connectivity index (χ1v) is 5.92. The highest BCUT2D eigenvalue weighted by Gasteiger charge is 2.11. The number of hydrogen-bond donors (Lipinski definition) is 2. The third-order valence-electron chi connectivity index (χ3n) is 2.55. The molecule has 0 saturated heterocycles. The van der Waals surface area contributed by atoms with Crippen molar-refractivity contribution >= 4 is 23.4 Å². The molecule has 2 aromatic rings. The van der Waals surface area contributed by atoms with Gasteiger partial charge in [-0.05, 0) is 24.3 Å². The van der Waals surface area contributed by atoms with Crippen LogP contribution in [-0.2, 0) is 6.54 Å². The number of rotatable bonds is 4. The lowest BCUT2D eigenvalue weighted by Crippen LogP contribution is -2.06. The maximum atomic E-state index is 13.4. The minimum absolute atomic E-state index is 0.0000129. The van der Waals surface area contributed by atoms with Crippen molar-refractivity contribution in [1.82, 2.24) is 4.98 Å². The maximum absolute atomic E-state index is 13.4. The number of carboxylic acids is 1. The molecule has 0 aliphatic carbocycles. The van der Waals surface area contributed by atoms with E-state index in [0.717, 1.165) is 18.2 Å². The SMILES string of the molecule is O=C(O)c1cc(NCc2cc(F)ccc2F)ncc1Cl. The summed E-state index contributed by atoms with van der Waals surface area (Å²) >= 11 is 5.67. The van der Waals surface area contributed by atoms with E-state index >= 15 is 0 Å². The van der Waals surface area contributed by atoms with E-state index in [4.69, 9.17) is 16.7 Å². The number of nitrogens with zero attached hydrogens (tertiary/aromatic N) is 1. The van der Waals surface area contributed by atoms with Crippen molar-refractivity contribution < 1.29 is 18.7 Å². The molecule has 0 spiro atoms. The first-order valence-electron chi connectivity index (χ1n) is 5.54. The van der Waals surface area contributed by atoms with Crippen LogP contribution in [0.3, 0.4) is 0 Å². The van der Waals surface area contributed by atoms with Crippen LogP contribution >= 0.6 is 11.6 Å². The van der Waals surface area contributed by atoms with Crippen LogP contribution in [0.1, 0.15) is 15.9 Å². The third-order valence-corrected chi connectivity index (χ3v) is 2.85. The van der Waals surface area contributed by atoms with E-state index in [0.29, 0.717) is 0 Å². The first-order chi connectivity index (χ1) is 9.47. The Hall–Kier alpha value is -2.21. The molecule has 0 bridgehead atoms. The largest absolute Gasteiger partial charge is 0.478 e. The van der Waals surface area contributed by atoms with Gasteiger partial charge < -0.3 is 10.4 Å². The van der Waals surface area contributed by atoms with E-state index in [-0.39, 0.29) is 28.5 Å². The van der Waals surface area contributed by atoms with E-state index in [1.165, 1.54) is 12.3 Å². The Bertz CT molecular complexity index is 665. The average molecular weight is 299 g/mol. The number of hydrogen-bond acceptors (Lipinski definition) is 3. The highest BCUT2D eigenvalue weighted by molar-refractivity contribution is 6.33. The fraction of sp³-hybridized carbons (Fsp3) is 0.0769. The summed E-state index contributed by atoms with van der Waals surface area (Å²) < 4.78 is 26.4. The molecule has 7 heteroatoms. The van der Waals surface area contributed by atoms with Crippen LogP contribution in [-0.4, -0.2) is 16.1 Å². The molecule has 1 heterocycles. The lowest BCUT2D eigenvalue weighted by Gasteiger charge is -2.08. The fourth-order valence-corrected chi connectivity index (χ4v) is 1.75. The lowest BCUT2D eigenvalue weighted by molar-refractivity contribution is 0.0697. The number of halogens is 3. The Balaban J connectivity index is 2.17. The molecule has 0 unspecified atom stereocenters. The van der Waals surface area contributed by atoms with Crippen molar-refractivity contribution in [3.63, 3.8) is 0 Å². The van der Waals surface area contributed by atoms with Crippen molar-refractivity contribution in [2.24, 2.45) is 0 Å². The van der Waals surface area contributed by atoms with Crippen molar-refractivity contribution in [3.8, 4) is 0 Å². The predicted octanol–water partition coefficient (Wildman–Crippen LogP) is 3.32. The van der Waals surface area contributed by atoms with Crippen molar-refractivity contribution in [1.29, 1.82) is 0 Å². The summed E-state index contributed by atoms with van der Waals surface area (Å²) in [5, 5.41) is 11.6. The van der Waals surface area contributed by atoms with Crippen molar-refractivity contribution in [3.05, 3.63) is 58.2 Å². The van der Waals surface area contributed by atoms with E-state index in [2.05, 4.69) is 10.3 Å². The molecular formula is C13H9ClF2N2O2. The van der Waals surface area contributed by atoms with Gasteiger partial charge in [-0.3, -0.25) is 0 Å². The molecule has 104 valence electrons. The van der Waals surface area contributed by atoms with Crippen LogP contribution in [0.25, 0.3) is 0 Å². The minimum Gasteiger partial charge on any atom is -0.478 e. The Kier molecular flexibility index (Phi) is 4.14. The second kappa shape index (κ2) is 5.83. The Morgan fingerprint density at radius 3 is 2.80 bits per heavy atom. The molecule has 0 radical (unpaired) electrons. The summed E-state index contributed by atoms with van der Waals surface area (Å²) in [6, 6.07) is 4.31. The van der Waals surface area contributed by atoms with Crippen LogP contribution in [0.4, 0.5) is 14.6 Å². The zero-order chi connectivity index (χ0) is 14.7. The average Bonchev–Trinajstić information content (AvgIpc) is 2.41. The van der Waals surface area contributed by atoms with Gasteiger partial charge in [0.1, 0.15) is 17.5 Å². The van der Waals surface area contributed by atoms with Gasteiger partial charge in [-0.15, -0.1) is 0 Å². The van der Waals surface area contributed by atoms with Gasteiger partial charge in [-0.2, -0.15) is 0 Å². The summed E-state index contributed by atoms with van der Waals surface area (Å²) in [6.45, 7) is -0.0305. The number of nitrogens with one attached hydrogen (secondary N) is 1. The predicted molar refractivity (Wildman–Crippen MR) is 69.9 cm³/mol. The monoisotopic (exact) mass is 298 g/mol. The van der Waals surface area contributed by atoms with Gasteiger partial charge in [-0.1, -0.05) is 11.6 Å². The highest BCUT2D eigenvalue weighted by Crippen LogP contribution is 2.19. The molecule has 0 atom stereocenters. The molecule has 4 nitrogen and oxygen atoms in total. The Morgan fingerprint density at radius 1 is 1.35 bits per heavy atom. The second-order valence-electron chi connectivity index (χ2n) is 3.94. The zero-order valence-electron chi connectivity index (χ0n) is 10.0. The van der Waals surface area contributed by atoms with E-state index < -0.39 is 17.6 Å². The number of carbonyl (C=O) groups is 1. The molecule has 0 saturated carbocycles. The smallest absolute Gasteiger partial charge is 0.337 e. The van der Waals surface area contributed by atoms with Crippen LogP contribution in [0.2, 0.25) is 5.02 Å². The molecule has 20 heavy (non-hydrogen) atoms. The Morgan fingerprint density at radius 2 is 2.10 bits per heavy atom. The second-order valence-corrected chi connectivity index (χ2v) is 4.35. The van der Waals surface area contributed by atoms with Gasteiger partial charge in [0.05, 0.1) is 10.6 Å². The van der Waals surface area contributed by atoms with E-state index in [9.17, 15) is 13.6 Å². The molecular weight excluding hydrogens is 290 g/mol. The van der Waals surface area contributed by atoms with Crippen LogP contribution in [0, 0.1) is 11.6 Å². The molecule has 0 aliphatic rings. The molecule has 0 aliphatic heterocycles. The summed E-state index contributed by atoms with van der Waals surface area (Å²) in [5.41, 5.74) is -0.0116. The van der Waals surface area contributed by atoms with Crippen LogP contribution in [0.5, 0.6) is 0 Å². The van der Waals surface area contributed by atoms with E-state index in [1.54, 1.807) is 0 Å². The number of aromatic nitrogens is 1. The number of aromatic carboxylic acids is 1. The molecule has 0 amide bonds. The zero-order valence-corrected chi connectivity index (χ0v) is 10.8. The van der Waals surface area contributed by atoms with Gasteiger partial charge in [0, 0.05) is 18.3 Å². The van der Waals surface area contributed by atoms with Crippen molar-refractivity contribution in [2.75, 3.05) is 5.32 Å². The molecule has 1 aromatic heterocycles. The Labute approximate surface area is 118 Å². The minimum atomic E-state index is -1.20. The molecule has 1 aromatic carbocycles. The van der Waals surface area contributed by atoms with E-state index in [1.807, 2.05) is 0 Å². The van der Waals surface area contributed by atoms with Gasteiger partial charge >= 0.3 is 5.97 Å². The standard InChI is InChI=1S/C13H9ClF2N2O2/c14-10-6-18-12(4-9(10)13(19)20)17-5-7-3-8(15)1-2-11(7)16/h1-4,6H,5H2,(H,17,18)(H,19,20). The number of benzene rings is 1. The topological polar surface area (TPSA) is 62.2 Å². The summed E-state index contributed by atoms with van der Waals surface area (Å²) in [4.78, 5) is 14.8. The quantitative estimate of drug-likeness (QED) is 0.909. The van der Waals surface area contributed by atoms with Crippen LogP contribution < -0.4 is 5.32 Å². The number of carboxylic acid groups (broad SMARTS) is 1. The van der Waals surface area contributed by atoms with Gasteiger partial charge in [0.2, 0.25) is 0 Å².